The van der Waals surface area contributed by atoms with Crippen molar-refractivity contribution in [2.75, 3.05) is 33.2 Å². The molecule has 0 aliphatic carbocycles. The van der Waals surface area contributed by atoms with E-state index in [0.717, 1.165) is 17.0 Å². The number of pyridine rings is 1. The van der Waals surface area contributed by atoms with E-state index in [1.165, 1.54) is 5.69 Å². The van der Waals surface area contributed by atoms with Crippen LogP contribution in [-0.2, 0) is 0 Å². The molecular weight excluding hydrogens is 250 g/mol. The second-order valence-electron chi connectivity index (χ2n) is 4.80. The molecule has 20 heavy (non-hydrogen) atoms. The zero-order chi connectivity index (χ0) is 14.5. The first-order chi connectivity index (χ1) is 9.67. The molecule has 0 saturated heterocycles. The number of nitrogens with zero attached hydrogens (tertiary/aromatic N) is 2. The van der Waals surface area contributed by atoms with E-state index in [9.17, 15) is 0 Å². The molecule has 106 valence electrons. The van der Waals surface area contributed by atoms with Crippen molar-refractivity contribution in [1.82, 2.24) is 10.3 Å². The first-order valence-electron chi connectivity index (χ1n) is 6.60. The van der Waals surface area contributed by atoms with Crippen molar-refractivity contribution in [1.29, 1.82) is 0 Å². The van der Waals surface area contributed by atoms with Gasteiger partial charge in [-0.2, -0.15) is 0 Å². The summed E-state index contributed by atoms with van der Waals surface area (Å²) >= 11 is 0. The molecule has 0 saturated carbocycles. The molecule has 0 aliphatic rings. The highest BCUT2D eigenvalue weighted by Gasteiger charge is 2.17. The van der Waals surface area contributed by atoms with Gasteiger partial charge in [-0.25, -0.2) is 0 Å². The van der Waals surface area contributed by atoms with Crippen LogP contribution in [0.5, 0.6) is 5.75 Å². The van der Waals surface area contributed by atoms with Gasteiger partial charge in [-0.1, -0.05) is 12.1 Å². The largest absolute Gasteiger partial charge is 0.495 e. The fourth-order valence-corrected chi connectivity index (χ4v) is 2.22. The minimum Gasteiger partial charge on any atom is -0.495 e. The summed E-state index contributed by atoms with van der Waals surface area (Å²) in [5, 5.41) is 3.30. The van der Waals surface area contributed by atoms with Gasteiger partial charge < -0.3 is 15.0 Å². The summed E-state index contributed by atoms with van der Waals surface area (Å²) in [5.41, 5.74) is 3.24. The monoisotopic (exact) mass is 271 g/mol. The van der Waals surface area contributed by atoms with Gasteiger partial charge in [-0.05, 0) is 36.9 Å². The van der Waals surface area contributed by atoms with Crippen molar-refractivity contribution in [2.24, 2.45) is 0 Å². The first-order valence-corrected chi connectivity index (χ1v) is 6.60. The molecule has 0 aliphatic heterocycles. The third-order valence-electron chi connectivity index (χ3n) is 3.32. The Kier molecular flexibility index (Phi) is 4.58. The summed E-state index contributed by atoms with van der Waals surface area (Å²) in [5.74, 6) is 0.795. The number of hydrogen-bond donors (Lipinski definition) is 1. The van der Waals surface area contributed by atoms with E-state index in [4.69, 9.17) is 4.74 Å². The molecule has 1 aromatic heterocycles. The van der Waals surface area contributed by atoms with Crippen molar-refractivity contribution in [3.05, 3.63) is 53.9 Å². The van der Waals surface area contributed by atoms with E-state index >= 15 is 0 Å². The minimum atomic E-state index is 0.0161. The zero-order valence-corrected chi connectivity index (χ0v) is 12.4. The summed E-state index contributed by atoms with van der Waals surface area (Å²) in [6, 6.07) is 12.3. The van der Waals surface area contributed by atoms with Gasteiger partial charge in [0, 0.05) is 26.0 Å². The maximum Gasteiger partial charge on any atom is 0.142 e. The second kappa shape index (κ2) is 6.39. The van der Waals surface area contributed by atoms with Gasteiger partial charge in [0.1, 0.15) is 11.4 Å². The van der Waals surface area contributed by atoms with Crippen LogP contribution in [0.3, 0.4) is 0 Å². The van der Waals surface area contributed by atoms with Crippen molar-refractivity contribution in [2.45, 2.75) is 6.04 Å². The van der Waals surface area contributed by atoms with E-state index in [2.05, 4.69) is 39.5 Å². The van der Waals surface area contributed by atoms with Gasteiger partial charge in [0.15, 0.2) is 0 Å². The van der Waals surface area contributed by atoms with Crippen LogP contribution in [0.15, 0.2) is 42.6 Å². The zero-order valence-electron chi connectivity index (χ0n) is 12.4. The number of methoxy groups -OCH3 is 1. The van der Waals surface area contributed by atoms with E-state index in [0.29, 0.717) is 0 Å². The van der Waals surface area contributed by atoms with Gasteiger partial charge >= 0.3 is 0 Å². The quantitative estimate of drug-likeness (QED) is 0.906. The first kappa shape index (κ1) is 14.3. The van der Waals surface area contributed by atoms with Crippen molar-refractivity contribution >= 4 is 5.69 Å². The highest BCUT2D eigenvalue weighted by molar-refractivity contribution is 5.48. The van der Waals surface area contributed by atoms with Crippen LogP contribution in [-0.4, -0.2) is 33.2 Å². The summed E-state index contributed by atoms with van der Waals surface area (Å²) in [4.78, 5) is 6.54. The minimum absolute atomic E-state index is 0.0161. The van der Waals surface area contributed by atoms with Gasteiger partial charge in [0.25, 0.3) is 0 Å². The van der Waals surface area contributed by atoms with E-state index in [1.807, 2.05) is 33.3 Å². The fourth-order valence-electron chi connectivity index (χ4n) is 2.22. The number of hydrogen-bond acceptors (Lipinski definition) is 4. The lowest BCUT2D eigenvalue weighted by atomic mass is 10.0. The number of nitrogens with one attached hydrogen (secondary N) is 1. The van der Waals surface area contributed by atoms with Crippen LogP contribution < -0.4 is 15.0 Å². The molecule has 0 fully saturated rings. The number of rotatable bonds is 5. The lowest BCUT2D eigenvalue weighted by Crippen LogP contribution is -2.20. The van der Waals surface area contributed by atoms with Crippen molar-refractivity contribution in [3.63, 3.8) is 0 Å². The van der Waals surface area contributed by atoms with Crippen LogP contribution in [0.25, 0.3) is 0 Å². The Balaban J connectivity index is 2.36. The molecule has 1 atom stereocenters. The molecule has 4 nitrogen and oxygen atoms in total. The lowest BCUT2D eigenvalue weighted by molar-refractivity contribution is 0.401. The van der Waals surface area contributed by atoms with Crippen molar-refractivity contribution < 1.29 is 4.74 Å². The van der Waals surface area contributed by atoms with Gasteiger partial charge in [0.2, 0.25) is 0 Å². The van der Waals surface area contributed by atoms with Crippen LogP contribution in [0.1, 0.15) is 17.3 Å². The Morgan fingerprint density at radius 3 is 2.40 bits per heavy atom. The average Bonchev–Trinajstić information content (AvgIpc) is 2.49. The third kappa shape index (κ3) is 2.91. The standard InChI is InChI=1S/C16H21N3O/c1-17-15(16-14(20-4)6-5-11-18-16)12-7-9-13(10-8-12)19(2)3/h5-11,15,17H,1-4H3. The molecule has 2 rings (SSSR count). The summed E-state index contributed by atoms with van der Waals surface area (Å²) in [6.45, 7) is 0. The summed E-state index contributed by atoms with van der Waals surface area (Å²) < 4.78 is 5.40. The molecule has 1 N–H and O–H groups in total. The van der Waals surface area contributed by atoms with Crippen LogP contribution in [0.4, 0.5) is 5.69 Å². The molecular formula is C16H21N3O. The van der Waals surface area contributed by atoms with Crippen LogP contribution in [0, 0.1) is 0 Å². The second-order valence-corrected chi connectivity index (χ2v) is 4.80. The predicted molar refractivity (Wildman–Crippen MR) is 82.5 cm³/mol. The van der Waals surface area contributed by atoms with E-state index < -0.39 is 0 Å². The maximum absolute atomic E-state index is 5.40. The number of benzene rings is 1. The average molecular weight is 271 g/mol. The molecule has 1 aromatic carbocycles. The highest BCUT2D eigenvalue weighted by Crippen LogP contribution is 2.28. The SMILES string of the molecule is CNC(c1ccc(N(C)C)cc1)c1ncccc1OC. The number of ether oxygens (including phenoxy) is 1. The maximum atomic E-state index is 5.40. The smallest absolute Gasteiger partial charge is 0.142 e. The summed E-state index contributed by atoms with van der Waals surface area (Å²) in [6.07, 6.45) is 1.79. The predicted octanol–water partition coefficient (Wildman–Crippen LogP) is 2.47. The van der Waals surface area contributed by atoms with E-state index in [1.54, 1.807) is 13.3 Å². The molecule has 2 aromatic rings. The molecule has 1 heterocycles. The van der Waals surface area contributed by atoms with Crippen LogP contribution >= 0.6 is 0 Å². The lowest BCUT2D eigenvalue weighted by Gasteiger charge is -2.20. The molecule has 1 unspecified atom stereocenters. The number of anilines is 1. The molecule has 0 radical (unpaired) electrons. The van der Waals surface area contributed by atoms with Gasteiger partial charge in [0.05, 0.1) is 13.2 Å². The Hall–Kier alpha value is -2.07. The van der Waals surface area contributed by atoms with Gasteiger partial charge in [-0.15, -0.1) is 0 Å². The molecule has 0 bridgehead atoms. The number of aromatic nitrogens is 1. The fraction of sp³-hybridized carbons (Fsp3) is 0.312. The van der Waals surface area contributed by atoms with Crippen LogP contribution in [0.2, 0.25) is 0 Å². The topological polar surface area (TPSA) is 37.4 Å². The van der Waals surface area contributed by atoms with Gasteiger partial charge in [-0.3, -0.25) is 4.98 Å². The Labute approximate surface area is 120 Å². The molecule has 0 amide bonds. The molecule has 4 heteroatoms. The Morgan fingerprint density at radius 2 is 1.85 bits per heavy atom. The third-order valence-corrected chi connectivity index (χ3v) is 3.32. The Bertz CT molecular complexity index is 552. The Morgan fingerprint density at radius 1 is 1.15 bits per heavy atom. The van der Waals surface area contributed by atoms with E-state index in [-0.39, 0.29) is 6.04 Å². The summed E-state index contributed by atoms with van der Waals surface area (Å²) in [7, 11) is 7.67. The van der Waals surface area contributed by atoms with Crippen molar-refractivity contribution in [3.8, 4) is 5.75 Å². The molecule has 0 spiro atoms. The highest BCUT2D eigenvalue weighted by atomic mass is 16.5. The normalized spacial score (nSPS) is 12.0.